The summed E-state index contributed by atoms with van der Waals surface area (Å²) in [6.07, 6.45) is 4.05. The molecule has 8 nitrogen and oxygen atoms in total. The summed E-state index contributed by atoms with van der Waals surface area (Å²) in [6, 6.07) is 0. The zero-order chi connectivity index (χ0) is 14.3. The maximum atomic E-state index is 9.90. The van der Waals surface area contributed by atoms with Gasteiger partial charge in [-0.3, -0.25) is 4.98 Å². The molecule has 0 amide bonds. The van der Waals surface area contributed by atoms with E-state index in [0.29, 0.717) is 18.0 Å². The van der Waals surface area contributed by atoms with E-state index < -0.39 is 6.10 Å². The molecule has 20 heavy (non-hydrogen) atoms. The minimum absolute atomic E-state index is 0.265. The molecule has 0 saturated carbocycles. The minimum atomic E-state index is -0.630. The molecule has 104 valence electrons. The fourth-order valence-electron chi connectivity index (χ4n) is 2.27. The van der Waals surface area contributed by atoms with Gasteiger partial charge in [0.2, 0.25) is 11.9 Å². The summed E-state index contributed by atoms with van der Waals surface area (Å²) in [5, 5.41) is 14.0. The van der Waals surface area contributed by atoms with Crippen LogP contribution < -0.4 is 5.73 Å². The summed E-state index contributed by atoms with van der Waals surface area (Å²) in [5.41, 5.74) is 8.04. The molecule has 3 rings (SSSR count). The van der Waals surface area contributed by atoms with Crippen molar-refractivity contribution in [3.05, 3.63) is 24.3 Å². The molecule has 0 saturated heterocycles. The van der Waals surface area contributed by atoms with E-state index in [9.17, 15) is 5.11 Å². The number of aliphatic hydroxyl groups excluding tert-OH is 1. The number of aromatic nitrogens is 6. The molecule has 0 aliphatic heterocycles. The van der Waals surface area contributed by atoms with Crippen molar-refractivity contribution in [2.24, 2.45) is 0 Å². The number of hydrogen-bond donors (Lipinski definition) is 2. The van der Waals surface area contributed by atoms with Crippen LogP contribution in [-0.2, 0) is 6.54 Å². The normalized spacial score (nSPS) is 12.9. The van der Waals surface area contributed by atoms with Crippen LogP contribution in [0.1, 0.15) is 25.5 Å². The molecule has 0 aliphatic rings. The number of fused-ring (bicyclic) bond motifs is 1. The van der Waals surface area contributed by atoms with Crippen LogP contribution in [0.3, 0.4) is 0 Å². The van der Waals surface area contributed by atoms with E-state index >= 15 is 0 Å². The Morgan fingerprint density at radius 1 is 1.40 bits per heavy atom. The van der Waals surface area contributed by atoms with Crippen LogP contribution in [0.25, 0.3) is 17.0 Å². The van der Waals surface area contributed by atoms with Gasteiger partial charge in [-0.1, -0.05) is 0 Å². The molecular formula is C12H15N7O. The second-order valence-electron chi connectivity index (χ2n) is 4.46. The zero-order valence-electron chi connectivity index (χ0n) is 11.2. The molecule has 0 bridgehead atoms. The van der Waals surface area contributed by atoms with Crippen molar-refractivity contribution in [1.29, 1.82) is 0 Å². The second-order valence-corrected chi connectivity index (χ2v) is 4.46. The van der Waals surface area contributed by atoms with Gasteiger partial charge >= 0.3 is 0 Å². The van der Waals surface area contributed by atoms with Crippen LogP contribution >= 0.6 is 0 Å². The maximum absolute atomic E-state index is 9.90. The molecule has 3 heterocycles. The third-order valence-corrected chi connectivity index (χ3v) is 3.19. The predicted octanol–water partition coefficient (Wildman–Crippen LogP) is 0.667. The van der Waals surface area contributed by atoms with Crippen LogP contribution in [0.2, 0.25) is 0 Å². The monoisotopic (exact) mass is 273 g/mol. The van der Waals surface area contributed by atoms with E-state index in [1.165, 1.54) is 11.0 Å². The number of nitrogens with zero attached hydrogens (tertiary/aromatic N) is 6. The molecular weight excluding hydrogens is 258 g/mol. The number of aryl methyl sites for hydroxylation is 1. The second kappa shape index (κ2) is 4.57. The minimum Gasteiger partial charge on any atom is -0.389 e. The van der Waals surface area contributed by atoms with Crippen molar-refractivity contribution in [3.63, 3.8) is 0 Å². The van der Waals surface area contributed by atoms with Crippen molar-refractivity contribution < 1.29 is 5.11 Å². The van der Waals surface area contributed by atoms with E-state index in [0.717, 1.165) is 11.1 Å². The Hall–Kier alpha value is -2.48. The number of pyridine rings is 1. The molecule has 3 aromatic rings. The van der Waals surface area contributed by atoms with E-state index in [2.05, 4.69) is 20.1 Å². The van der Waals surface area contributed by atoms with Gasteiger partial charge in [-0.15, -0.1) is 0 Å². The van der Waals surface area contributed by atoms with Crippen LogP contribution in [-0.4, -0.2) is 34.4 Å². The smallest absolute Gasteiger partial charge is 0.235 e. The molecule has 0 fully saturated rings. The molecule has 3 aromatic heterocycles. The Labute approximate surface area is 114 Å². The highest BCUT2D eigenvalue weighted by atomic mass is 16.3. The maximum Gasteiger partial charge on any atom is 0.235 e. The average molecular weight is 273 g/mol. The highest BCUT2D eigenvalue weighted by Gasteiger charge is 2.18. The number of hydrogen-bond acceptors (Lipinski definition) is 6. The molecule has 1 atom stereocenters. The van der Waals surface area contributed by atoms with Gasteiger partial charge < -0.3 is 15.4 Å². The molecule has 1 unspecified atom stereocenters. The van der Waals surface area contributed by atoms with Crippen LogP contribution in [0, 0.1) is 0 Å². The lowest BCUT2D eigenvalue weighted by molar-refractivity contribution is 0.200. The fraction of sp³-hybridized carbons (Fsp3) is 0.333. The lowest BCUT2D eigenvalue weighted by atomic mass is 10.1. The summed E-state index contributed by atoms with van der Waals surface area (Å²) >= 11 is 0. The molecule has 8 heteroatoms. The van der Waals surface area contributed by atoms with E-state index in [-0.39, 0.29) is 5.95 Å². The molecule has 3 N–H and O–H groups in total. The van der Waals surface area contributed by atoms with Crippen LogP contribution in [0.4, 0.5) is 5.95 Å². The number of imidazole rings is 1. The molecule has 0 radical (unpaired) electrons. The Morgan fingerprint density at radius 3 is 2.80 bits per heavy atom. The van der Waals surface area contributed by atoms with Crippen molar-refractivity contribution >= 4 is 17.0 Å². The third-order valence-electron chi connectivity index (χ3n) is 3.19. The molecule has 0 aromatic carbocycles. The van der Waals surface area contributed by atoms with Gasteiger partial charge in [0.1, 0.15) is 11.8 Å². The van der Waals surface area contributed by atoms with Crippen LogP contribution in [0.15, 0.2) is 18.7 Å². The standard InChI is InChI=1S/C12H15N7O/c1-3-18-10-8(7(2)20)4-14-5-9(10)17-12(18)19-11(13)15-6-16-19/h4-7,20H,3H2,1-2H3,(H2,13,15,16). The number of rotatable bonds is 3. The van der Waals surface area contributed by atoms with Gasteiger partial charge in [-0.2, -0.15) is 14.8 Å². The average Bonchev–Trinajstić information content (AvgIpc) is 3.00. The SMILES string of the molecule is CCn1c(-n2ncnc2N)nc2cncc(C(C)O)c21. The fourth-order valence-corrected chi connectivity index (χ4v) is 2.27. The summed E-state index contributed by atoms with van der Waals surface area (Å²) in [4.78, 5) is 12.5. The Morgan fingerprint density at radius 2 is 2.20 bits per heavy atom. The van der Waals surface area contributed by atoms with Crippen molar-refractivity contribution in [3.8, 4) is 5.95 Å². The van der Waals surface area contributed by atoms with Gasteiger partial charge in [0, 0.05) is 18.3 Å². The lowest BCUT2D eigenvalue weighted by Crippen LogP contribution is -2.10. The van der Waals surface area contributed by atoms with E-state index in [4.69, 9.17) is 5.73 Å². The Balaban J connectivity index is 2.35. The van der Waals surface area contributed by atoms with Gasteiger partial charge in [0.25, 0.3) is 0 Å². The molecule has 0 spiro atoms. The first-order valence-corrected chi connectivity index (χ1v) is 6.31. The van der Waals surface area contributed by atoms with E-state index in [1.54, 1.807) is 19.3 Å². The van der Waals surface area contributed by atoms with Crippen molar-refractivity contribution in [2.75, 3.05) is 5.73 Å². The summed E-state index contributed by atoms with van der Waals surface area (Å²) in [7, 11) is 0. The summed E-state index contributed by atoms with van der Waals surface area (Å²) in [5.74, 6) is 0.828. The first kappa shape index (κ1) is 12.5. The Bertz CT molecular complexity index is 758. The summed E-state index contributed by atoms with van der Waals surface area (Å²) < 4.78 is 3.40. The predicted molar refractivity (Wildman–Crippen MR) is 73.2 cm³/mol. The number of aliphatic hydroxyl groups is 1. The van der Waals surface area contributed by atoms with Crippen molar-refractivity contribution in [2.45, 2.75) is 26.5 Å². The van der Waals surface area contributed by atoms with Gasteiger partial charge in [-0.25, -0.2) is 4.98 Å². The highest BCUT2D eigenvalue weighted by molar-refractivity contribution is 5.80. The largest absolute Gasteiger partial charge is 0.389 e. The van der Waals surface area contributed by atoms with E-state index in [1.807, 2.05) is 11.5 Å². The quantitative estimate of drug-likeness (QED) is 0.726. The highest BCUT2D eigenvalue weighted by Crippen LogP contribution is 2.26. The number of anilines is 1. The first-order chi connectivity index (χ1) is 9.63. The lowest BCUT2D eigenvalue weighted by Gasteiger charge is -2.10. The zero-order valence-corrected chi connectivity index (χ0v) is 11.2. The van der Waals surface area contributed by atoms with Gasteiger partial charge in [0.15, 0.2) is 0 Å². The van der Waals surface area contributed by atoms with Gasteiger partial charge in [0.05, 0.1) is 17.8 Å². The number of nitrogens with two attached hydrogens (primary N) is 1. The Kier molecular flexibility index (Phi) is 2.87. The van der Waals surface area contributed by atoms with Gasteiger partial charge in [-0.05, 0) is 13.8 Å². The summed E-state index contributed by atoms with van der Waals surface area (Å²) in [6.45, 7) is 4.35. The first-order valence-electron chi connectivity index (χ1n) is 6.31. The topological polar surface area (TPSA) is 108 Å². The van der Waals surface area contributed by atoms with Crippen molar-refractivity contribution in [1.82, 2.24) is 29.3 Å². The third kappa shape index (κ3) is 1.73. The molecule has 0 aliphatic carbocycles. The van der Waals surface area contributed by atoms with Crippen LogP contribution in [0.5, 0.6) is 0 Å². The number of nitrogen functional groups attached to an aromatic ring is 1.